The number of methoxy groups -OCH3 is 2. The minimum absolute atomic E-state index is 0.0973. The van der Waals surface area contributed by atoms with Crippen molar-refractivity contribution in [3.05, 3.63) is 96.1 Å². The second-order valence-electron chi connectivity index (χ2n) is 13.9. The Kier molecular flexibility index (Phi) is 19.1. The van der Waals surface area contributed by atoms with Gasteiger partial charge in [-0.3, -0.25) is 14.6 Å². The van der Waals surface area contributed by atoms with E-state index in [1.54, 1.807) is 0 Å². The van der Waals surface area contributed by atoms with Gasteiger partial charge in [0.05, 0.1) is 31.9 Å². The van der Waals surface area contributed by atoms with Crippen molar-refractivity contribution in [2.75, 3.05) is 47.1 Å². The van der Waals surface area contributed by atoms with Gasteiger partial charge in [0.2, 0.25) is 5.91 Å². The maximum Gasteiger partial charge on any atom is 0.315 e. The Bertz CT molecular complexity index is 1610. The number of nitrogens with zero attached hydrogens (tertiary/aromatic N) is 1. The zero-order valence-corrected chi connectivity index (χ0v) is 32.8. The van der Waals surface area contributed by atoms with Crippen LogP contribution in [0.1, 0.15) is 38.8 Å². The Labute approximate surface area is 325 Å². The summed E-state index contributed by atoms with van der Waals surface area (Å²) in [7, 11) is 3.06. The summed E-state index contributed by atoms with van der Waals surface area (Å²) >= 11 is 0. The third-order valence-corrected chi connectivity index (χ3v) is 8.92. The number of benzene rings is 3. The monoisotopic (exact) mass is 761 g/mol. The molecule has 0 aromatic heterocycles. The van der Waals surface area contributed by atoms with E-state index in [0.717, 1.165) is 22.3 Å². The van der Waals surface area contributed by atoms with E-state index in [4.69, 9.17) is 9.47 Å². The standard InChI is InChI=1S/C41H59N7O7/c1-28(2)36(46-40(52)42-21-23-54-5)38(50)45-34(25-30-15-9-7-10-16-30)35(49)26-44-48(39(51)37(29(3)4)47-41(53)43-22-24-55-6)27-32-19-13-14-20-33(32)31-17-11-8-12-18-31/h7-20,28-29,34-37,44,49H,21-27H2,1-6H3,(H,45,50)(H2,42,46,52)(H2,43,47,53)/t34-,35?,36-,37-/m0/s1. The van der Waals surface area contributed by atoms with Crippen LogP contribution >= 0.6 is 0 Å². The van der Waals surface area contributed by atoms with E-state index in [1.165, 1.54) is 19.2 Å². The van der Waals surface area contributed by atoms with Crippen LogP contribution in [0, 0.1) is 11.8 Å². The Balaban J connectivity index is 1.91. The molecule has 14 heteroatoms. The summed E-state index contributed by atoms with van der Waals surface area (Å²) in [6.07, 6.45) is -0.932. The first-order chi connectivity index (χ1) is 26.4. The molecule has 0 saturated carbocycles. The molecule has 300 valence electrons. The lowest BCUT2D eigenvalue weighted by Gasteiger charge is -2.33. The zero-order chi connectivity index (χ0) is 40.2. The van der Waals surface area contributed by atoms with Crippen LogP contribution in [0.3, 0.4) is 0 Å². The SMILES string of the molecule is COCCNC(=O)N[C@H](C(=O)N[C@@H](Cc1ccccc1)C(O)CNN(Cc1ccccc1-c1ccccc1)C(=O)[C@@H](NC(=O)NCCOC)C(C)C)C(C)C. The summed E-state index contributed by atoms with van der Waals surface area (Å²) < 4.78 is 10.0. The largest absolute Gasteiger partial charge is 0.390 e. The van der Waals surface area contributed by atoms with E-state index in [-0.39, 0.29) is 44.4 Å². The molecule has 4 atom stereocenters. The van der Waals surface area contributed by atoms with Crippen molar-refractivity contribution in [2.24, 2.45) is 11.8 Å². The second-order valence-corrected chi connectivity index (χ2v) is 13.9. The van der Waals surface area contributed by atoms with Gasteiger partial charge >= 0.3 is 12.1 Å². The van der Waals surface area contributed by atoms with Crippen molar-refractivity contribution >= 4 is 23.9 Å². The van der Waals surface area contributed by atoms with E-state index in [0.29, 0.717) is 13.2 Å². The average molecular weight is 762 g/mol. The van der Waals surface area contributed by atoms with E-state index < -0.39 is 48.1 Å². The van der Waals surface area contributed by atoms with Crippen LogP contribution in [0.15, 0.2) is 84.9 Å². The number of nitrogens with one attached hydrogen (secondary N) is 6. The van der Waals surface area contributed by atoms with Gasteiger partial charge in [-0.15, -0.1) is 0 Å². The summed E-state index contributed by atoms with van der Waals surface area (Å²) in [6, 6.07) is 23.3. The normalized spacial score (nSPS) is 13.3. The minimum Gasteiger partial charge on any atom is -0.390 e. The fourth-order valence-electron chi connectivity index (χ4n) is 5.84. The van der Waals surface area contributed by atoms with Crippen molar-refractivity contribution in [2.45, 2.75) is 64.9 Å². The number of amides is 6. The van der Waals surface area contributed by atoms with Crippen molar-refractivity contribution in [3.8, 4) is 11.1 Å². The van der Waals surface area contributed by atoms with E-state index >= 15 is 0 Å². The lowest BCUT2D eigenvalue weighted by Crippen LogP contribution is -2.60. The Hall–Kier alpha value is -5.02. The minimum atomic E-state index is -1.20. The van der Waals surface area contributed by atoms with Gasteiger partial charge in [-0.05, 0) is 40.5 Å². The molecule has 0 fully saturated rings. The molecule has 0 aliphatic heterocycles. The van der Waals surface area contributed by atoms with E-state index in [9.17, 15) is 24.3 Å². The third kappa shape index (κ3) is 15.0. The van der Waals surface area contributed by atoms with Gasteiger partial charge in [0, 0.05) is 33.9 Å². The number of hydrogen-bond acceptors (Lipinski definition) is 8. The molecule has 6 amide bonds. The van der Waals surface area contributed by atoms with Crippen LogP contribution in [-0.2, 0) is 32.0 Å². The molecule has 0 heterocycles. The Morgan fingerprint density at radius 3 is 1.78 bits per heavy atom. The number of hydrazine groups is 1. The molecular formula is C41H59N7O7. The van der Waals surface area contributed by atoms with Crippen LogP contribution in [0.4, 0.5) is 9.59 Å². The summed E-state index contributed by atoms with van der Waals surface area (Å²) in [4.78, 5) is 53.6. The highest BCUT2D eigenvalue weighted by molar-refractivity contribution is 5.88. The maximum absolute atomic E-state index is 14.4. The van der Waals surface area contributed by atoms with Crippen LogP contribution < -0.4 is 32.0 Å². The maximum atomic E-state index is 14.4. The van der Waals surface area contributed by atoms with Gasteiger partial charge in [-0.2, -0.15) is 0 Å². The lowest BCUT2D eigenvalue weighted by molar-refractivity contribution is -0.139. The van der Waals surface area contributed by atoms with Crippen molar-refractivity contribution in [3.63, 3.8) is 0 Å². The van der Waals surface area contributed by atoms with Crippen LogP contribution in [0.25, 0.3) is 11.1 Å². The van der Waals surface area contributed by atoms with Crippen LogP contribution in [-0.4, -0.2) is 105 Å². The Morgan fingerprint density at radius 1 is 0.691 bits per heavy atom. The average Bonchev–Trinajstić information content (AvgIpc) is 3.17. The molecule has 0 bridgehead atoms. The number of aliphatic hydroxyl groups excluding tert-OH is 1. The number of ether oxygens (including phenoxy) is 2. The van der Waals surface area contributed by atoms with Gasteiger partial charge < -0.3 is 41.2 Å². The van der Waals surface area contributed by atoms with E-state index in [1.807, 2.05) is 113 Å². The van der Waals surface area contributed by atoms with Crippen molar-refractivity contribution < 1.29 is 33.8 Å². The number of carbonyl (C=O) groups excluding carboxylic acids is 4. The topological polar surface area (TPSA) is 182 Å². The zero-order valence-electron chi connectivity index (χ0n) is 32.8. The summed E-state index contributed by atoms with van der Waals surface area (Å²) in [6.45, 7) is 8.43. The molecule has 3 aromatic carbocycles. The van der Waals surface area contributed by atoms with Gasteiger partial charge in [0.1, 0.15) is 12.1 Å². The first-order valence-corrected chi connectivity index (χ1v) is 18.7. The van der Waals surface area contributed by atoms with E-state index in [2.05, 4.69) is 32.0 Å². The molecule has 3 rings (SSSR count). The fraction of sp³-hybridized carbons (Fsp3) is 0.463. The quantitative estimate of drug-likeness (QED) is 0.0602. The molecule has 1 unspecified atom stereocenters. The second kappa shape index (κ2) is 23.7. The first-order valence-electron chi connectivity index (χ1n) is 18.7. The molecule has 14 nitrogen and oxygen atoms in total. The fourth-order valence-corrected chi connectivity index (χ4v) is 5.84. The predicted octanol–water partition coefficient (Wildman–Crippen LogP) is 3.22. The molecule has 0 spiro atoms. The predicted molar refractivity (Wildman–Crippen MR) is 213 cm³/mol. The third-order valence-electron chi connectivity index (χ3n) is 8.92. The highest BCUT2D eigenvalue weighted by Crippen LogP contribution is 2.25. The number of carbonyl (C=O) groups is 4. The Morgan fingerprint density at radius 2 is 1.22 bits per heavy atom. The molecule has 0 aliphatic rings. The summed E-state index contributed by atoms with van der Waals surface area (Å²) in [5.74, 6) is -1.45. The van der Waals surface area contributed by atoms with Gasteiger partial charge in [-0.25, -0.2) is 15.0 Å². The van der Waals surface area contributed by atoms with Crippen LogP contribution in [0.2, 0.25) is 0 Å². The van der Waals surface area contributed by atoms with Gasteiger partial charge in [0.25, 0.3) is 5.91 Å². The van der Waals surface area contributed by atoms with Gasteiger partial charge in [0.15, 0.2) is 0 Å². The number of urea groups is 2. The highest BCUT2D eigenvalue weighted by Gasteiger charge is 2.32. The number of aliphatic hydroxyl groups is 1. The molecular weight excluding hydrogens is 702 g/mol. The molecule has 55 heavy (non-hydrogen) atoms. The molecule has 7 N–H and O–H groups in total. The van der Waals surface area contributed by atoms with Crippen LogP contribution in [0.5, 0.6) is 0 Å². The van der Waals surface area contributed by atoms with Gasteiger partial charge in [-0.1, -0.05) is 113 Å². The smallest absolute Gasteiger partial charge is 0.315 e. The lowest BCUT2D eigenvalue weighted by atomic mass is 9.98. The summed E-state index contributed by atoms with van der Waals surface area (Å²) in [5.41, 5.74) is 6.74. The summed E-state index contributed by atoms with van der Waals surface area (Å²) in [5, 5.41) is 27.1. The van der Waals surface area contributed by atoms with Crippen molar-refractivity contribution in [1.29, 1.82) is 0 Å². The molecule has 0 saturated heterocycles. The van der Waals surface area contributed by atoms with Crippen molar-refractivity contribution in [1.82, 2.24) is 37.0 Å². The highest BCUT2D eigenvalue weighted by atomic mass is 16.5. The number of hydrogen-bond donors (Lipinski definition) is 7. The first kappa shape index (κ1) is 44.4. The molecule has 3 aromatic rings. The molecule has 0 aliphatic carbocycles. The number of rotatable bonds is 22. The molecule has 0 radical (unpaired) electrons.